The number of hydrogen-bond donors (Lipinski definition) is 1. The second kappa shape index (κ2) is 6.60. The van der Waals surface area contributed by atoms with Crippen molar-refractivity contribution >= 4 is 11.8 Å². The first-order valence-corrected chi connectivity index (χ1v) is 6.05. The molecule has 0 unspecified atom stereocenters. The standard InChI is InChI=1S/C9H16F3NOS/c10-9(11,12)15-6-4-13-3-5-14-7-8-1-2-8/h8,13H,1-7H2. The van der Waals surface area contributed by atoms with Crippen LogP contribution in [0.3, 0.4) is 0 Å². The van der Waals surface area contributed by atoms with E-state index in [1.807, 2.05) is 0 Å². The van der Waals surface area contributed by atoms with Crippen LogP contribution in [0.4, 0.5) is 13.2 Å². The molecule has 2 nitrogen and oxygen atoms in total. The normalized spacial score (nSPS) is 17.0. The molecule has 0 atom stereocenters. The Bertz CT molecular complexity index is 173. The minimum Gasteiger partial charge on any atom is -0.380 e. The average molecular weight is 243 g/mol. The second-order valence-electron chi connectivity index (χ2n) is 3.56. The lowest BCUT2D eigenvalue weighted by molar-refractivity contribution is -0.0327. The van der Waals surface area contributed by atoms with E-state index < -0.39 is 5.51 Å². The number of rotatable bonds is 8. The number of ether oxygens (including phenoxy) is 1. The molecule has 0 aromatic carbocycles. The first kappa shape index (κ1) is 13.1. The molecule has 6 heteroatoms. The van der Waals surface area contributed by atoms with E-state index in [1.54, 1.807) is 0 Å². The van der Waals surface area contributed by atoms with E-state index >= 15 is 0 Å². The Balaban J connectivity index is 1.72. The molecule has 0 saturated heterocycles. The van der Waals surface area contributed by atoms with Crippen molar-refractivity contribution in [3.63, 3.8) is 0 Å². The van der Waals surface area contributed by atoms with Gasteiger partial charge in [0.05, 0.1) is 6.61 Å². The molecule has 0 aromatic heterocycles. The Hall–Kier alpha value is 0.0600. The van der Waals surface area contributed by atoms with Gasteiger partial charge in [0.2, 0.25) is 0 Å². The fourth-order valence-corrected chi connectivity index (χ4v) is 1.52. The molecule has 1 rings (SSSR count). The Morgan fingerprint density at radius 2 is 2.00 bits per heavy atom. The van der Waals surface area contributed by atoms with Gasteiger partial charge < -0.3 is 10.1 Å². The Morgan fingerprint density at radius 3 is 2.60 bits per heavy atom. The van der Waals surface area contributed by atoms with Crippen LogP contribution in [-0.4, -0.2) is 37.6 Å². The van der Waals surface area contributed by atoms with Gasteiger partial charge >= 0.3 is 5.51 Å². The smallest absolute Gasteiger partial charge is 0.380 e. The van der Waals surface area contributed by atoms with Gasteiger partial charge in [0.25, 0.3) is 0 Å². The molecule has 1 aliphatic carbocycles. The number of hydrogen-bond acceptors (Lipinski definition) is 3. The van der Waals surface area contributed by atoms with Gasteiger partial charge in [0, 0.05) is 25.4 Å². The van der Waals surface area contributed by atoms with Crippen LogP contribution in [0.25, 0.3) is 0 Å². The van der Waals surface area contributed by atoms with E-state index in [4.69, 9.17) is 4.74 Å². The maximum Gasteiger partial charge on any atom is 0.441 e. The van der Waals surface area contributed by atoms with Crippen molar-refractivity contribution in [1.29, 1.82) is 0 Å². The minimum atomic E-state index is -4.11. The molecular weight excluding hydrogens is 227 g/mol. The summed E-state index contributed by atoms with van der Waals surface area (Å²) in [6.07, 6.45) is 2.52. The first-order chi connectivity index (χ1) is 7.08. The number of halogens is 3. The zero-order valence-corrected chi connectivity index (χ0v) is 9.29. The lowest BCUT2D eigenvalue weighted by Crippen LogP contribution is -2.23. The topological polar surface area (TPSA) is 21.3 Å². The molecule has 1 N–H and O–H groups in total. The van der Waals surface area contributed by atoms with Crippen LogP contribution in [0.15, 0.2) is 0 Å². The molecule has 0 spiro atoms. The van der Waals surface area contributed by atoms with Crippen LogP contribution < -0.4 is 5.32 Å². The number of nitrogens with one attached hydrogen (secondary N) is 1. The predicted molar refractivity (Wildman–Crippen MR) is 54.9 cm³/mol. The van der Waals surface area contributed by atoms with Crippen LogP contribution in [0, 0.1) is 5.92 Å². The number of alkyl halides is 3. The molecule has 1 aliphatic rings. The van der Waals surface area contributed by atoms with Crippen LogP contribution >= 0.6 is 11.8 Å². The van der Waals surface area contributed by atoms with Gasteiger partial charge in [-0.15, -0.1) is 0 Å². The molecule has 90 valence electrons. The largest absolute Gasteiger partial charge is 0.441 e. The highest BCUT2D eigenvalue weighted by Crippen LogP contribution is 2.29. The van der Waals surface area contributed by atoms with E-state index in [0.717, 1.165) is 12.5 Å². The molecule has 1 fully saturated rings. The second-order valence-corrected chi connectivity index (χ2v) is 4.72. The van der Waals surface area contributed by atoms with E-state index in [-0.39, 0.29) is 17.5 Å². The average Bonchev–Trinajstić information content (AvgIpc) is 2.91. The Morgan fingerprint density at radius 1 is 1.27 bits per heavy atom. The summed E-state index contributed by atoms with van der Waals surface area (Å²) in [5.74, 6) is 0.803. The van der Waals surface area contributed by atoms with Gasteiger partial charge in [-0.25, -0.2) is 0 Å². The van der Waals surface area contributed by atoms with E-state index in [0.29, 0.717) is 19.7 Å². The monoisotopic (exact) mass is 243 g/mol. The van der Waals surface area contributed by atoms with Crippen LogP contribution in [-0.2, 0) is 4.74 Å². The van der Waals surface area contributed by atoms with Crippen molar-refractivity contribution in [2.45, 2.75) is 18.3 Å². The van der Waals surface area contributed by atoms with E-state index in [9.17, 15) is 13.2 Å². The van der Waals surface area contributed by atoms with Gasteiger partial charge in [-0.05, 0) is 30.5 Å². The van der Waals surface area contributed by atoms with E-state index in [2.05, 4.69) is 5.32 Å². The fraction of sp³-hybridized carbons (Fsp3) is 1.00. The molecular formula is C9H16F3NOS. The van der Waals surface area contributed by atoms with E-state index in [1.165, 1.54) is 12.8 Å². The van der Waals surface area contributed by atoms with Crippen molar-refractivity contribution in [2.24, 2.45) is 5.92 Å². The Labute approximate surface area is 91.9 Å². The van der Waals surface area contributed by atoms with Crippen molar-refractivity contribution in [3.05, 3.63) is 0 Å². The third-order valence-corrected chi connectivity index (χ3v) is 2.75. The highest BCUT2D eigenvalue weighted by atomic mass is 32.2. The van der Waals surface area contributed by atoms with Crippen molar-refractivity contribution in [3.8, 4) is 0 Å². The van der Waals surface area contributed by atoms with Crippen LogP contribution in [0.5, 0.6) is 0 Å². The summed E-state index contributed by atoms with van der Waals surface area (Å²) in [7, 11) is 0. The SMILES string of the molecule is FC(F)(F)SCCNCCOCC1CC1. The summed E-state index contributed by atoms with van der Waals surface area (Å²) >= 11 is 0.00894. The zero-order valence-electron chi connectivity index (χ0n) is 8.48. The van der Waals surface area contributed by atoms with Gasteiger partial charge in [-0.2, -0.15) is 13.2 Å². The maximum atomic E-state index is 11.7. The van der Waals surface area contributed by atoms with Crippen molar-refractivity contribution in [2.75, 3.05) is 32.1 Å². The van der Waals surface area contributed by atoms with Crippen LogP contribution in [0.1, 0.15) is 12.8 Å². The summed E-state index contributed by atoms with van der Waals surface area (Å²) in [6, 6.07) is 0. The molecule has 0 aliphatic heterocycles. The molecule has 0 aromatic rings. The lowest BCUT2D eigenvalue weighted by Gasteiger charge is -2.07. The highest BCUT2D eigenvalue weighted by Gasteiger charge is 2.27. The van der Waals surface area contributed by atoms with Gasteiger partial charge in [0.1, 0.15) is 0 Å². The first-order valence-electron chi connectivity index (χ1n) is 5.07. The predicted octanol–water partition coefficient (Wildman–Crippen LogP) is 2.26. The quantitative estimate of drug-likeness (QED) is 0.661. The fourth-order valence-electron chi connectivity index (χ4n) is 1.04. The highest BCUT2D eigenvalue weighted by molar-refractivity contribution is 8.00. The van der Waals surface area contributed by atoms with Gasteiger partial charge in [0.15, 0.2) is 0 Å². The lowest BCUT2D eigenvalue weighted by atomic mass is 10.5. The summed E-state index contributed by atoms with van der Waals surface area (Å²) in [5.41, 5.74) is -4.11. The van der Waals surface area contributed by atoms with Crippen molar-refractivity contribution < 1.29 is 17.9 Å². The zero-order chi connectivity index (χ0) is 11.1. The van der Waals surface area contributed by atoms with Crippen molar-refractivity contribution in [1.82, 2.24) is 5.32 Å². The van der Waals surface area contributed by atoms with Gasteiger partial charge in [-0.1, -0.05) is 0 Å². The molecule has 1 saturated carbocycles. The summed E-state index contributed by atoms with van der Waals surface area (Å²) in [4.78, 5) is 0. The number of thioether (sulfide) groups is 1. The summed E-state index contributed by atoms with van der Waals surface area (Å²) in [6.45, 7) is 2.40. The van der Waals surface area contributed by atoms with Gasteiger partial charge in [-0.3, -0.25) is 0 Å². The maximum absolute atomic E-state index is 11.7. The minimum absolute atomic E-state index is 0.00894. The third kappa shape index (κ3) is 9.02. The Kier molecular flexibility index (Phi) is 5.78. The molecule has 0 amide bonds. The third-order valence-electron chi connectivity index (χ3n) is 2.02. The molecule has 0 bridgehead atoms. The molecule has 15 heavy (non-hydrogen) atoms. The summed E-state index contributed by atoms with van der Waals surface area (Å²) < 4.78 is 40.4. The molecule has 0 radical (unpaired) electrons. The summed E-state index contributed by atoms with van der Waals surface area (Å²) in [5, 5.41) is 2.91. The van der Waals surface area contributed by atoms with Crippen LogP contribution in [0.2, 0.25) is 0 Å². The molecule has 0 heterocycles.